The Hall–Kier alpha value is -4.06. The average molecular weight is 687 g/mol. The molecule has 1 unspecified atom stereocenters. The number of unbranched alkanes of at least 4 members (excludes halogenated alkanes) is 2. The Kier molecular flexibility index (Phi) is 25.9. The minimum atomic E-state index is -0.183. The Morgan fingerprint density at radius 1 is 1.06 bits per heavy atom. The molecule has 4 rings (SSSR count). The Morgan fingerprint density at radius 3 is 2.08 bits per heavy atom. The van der Waals surface area contributed by atoms with Crippen molar-refractivity contribution < 1.29 is 28.7 Å². The molecule has 266 valence electrons. The predicted octanol–water partition coefficient (Wildman–Crippen LogP) is 7.07. The van der Waals surface area contributed by atoms with Crippen molar-refractivity contribution in [3.8, 4) is 0 Å². The lowest BCUT2D eigenvalue weighted by molar-refractivity contribution is -0.110. The molecule has 5 N–H and O–H groups in total. The van der Waals surface area contributed by atoms with Crippen LogP contribution in [0.3, 0.4) is 0 Å². The number of aldehydes is 1. The number of anilines is 1. The van der Waals surface area contributed by atoms with Gasteiger partial charge < -0.3 is 35.6 Å². The fourth-order valence-electron chi connectivity index (χ4n) is 4.25. The van der Waals surface area contributed by atoms with Crippen molar-refractivity contribution in [1.29, 1.82) is 0 Å². The molecule has 0 saturated heterocycles. The smallest absolute Gasteiger partial charge is 0.256 e. The number of halogens is 1. The number of aryl methyl sites for hydroxylation is 2. The van der Waals surface area contributed by atoms with E-state index in [0.29, 0.717) is 17.7 Å². The summed E-state index contributed by atoms with van der Waals surface area (Å²) in [5.41, 5.74) is 7.55. The SMILES string of the molecule is C=O.CC=O.CCCCCO.CNC(=O)c1c(C)[nH]c(/C=C2\C(=O)Nc3ccc(C)cc32)c1C.CNC(C)c1ccc(F)cc1.CSC. The summed E-state index contributed by atoms with van der Waals surface area (Å²) in [4.78, 5) is 44.3. The molecule has 1 aliphatic heterocycles. The Morgan fingerprint density at radius 2 is 1.62 bits per heavy atom. The summed E-state index contributed by atoms with van der Waals surface area (Å²) in [7, 11) is 3.49. The van der Waals surface area contributed by atoms with Gasteiger partial charge in [-0.3, -0.25) is 9.59 Å². The van der Waals surface area contributed by atoms with E-state index in [1.165, 1.54) is 25.5 Å². The average Bonchev–Trinajstić information content (AvgIpc) is 3.54. The van der Waals surface area contributed by atoms with Crippen molar-refractivity contribution in [3.05, 3.63) is 87.5 Å². The van der Waals surface area contributed by atoms with Crippen molar-refractivity contribution in [2.45, 2.75) is 66.8 Å². The van der Waals surface area contributed by atoms with Crippen molar-refractivity contribution in [1.82, 2.24) is 15.6 Å². The van der Waals surface area contributed by atoms with E-state index in [4.69, 9.17) is 14.7 Å². The maximum Gasteiger partial charge on any atom is 0.256 e. The Bertz CT molecular complexity index is 1400. The Balaban J connectivity index is 0. The molecule has 1 aromatic heterocycles. The van der Waals surface area contributed by atoms with E-state index >= 15 is 0 Å². The predicted molar refractivity (Wildman–Crippen MR) is 200 cm³/mol. The van der Waals surface area contributed by atoms with E-state index in [1.807, 2.05) is 78.3 Å². The van der Waals surface area contributed by atoms with Crippen LogP contribution in [0.25, 0.3) is 11.6 Å². The first-order valence-corrected chi connectivity index (χ1v) is 17.2. The molecule has 2 heterocycles. The maximum atomic E-state index is 12.4. The molecule has 0 fully saturated rings. The topological polar surface area (TPSA) is 140 Å². The zero-order valence-electron chi connectivity index (χ0n) is 30.2. The molecule has 3 aromatic rings. The number of rotatable bonds is 7. The normalized spacial score (nSPS) is 11.9. The van der Waals surface area contributed by atoms with Crippen LogP contribution < -0.4 is 16.0 Å². The number of aliphatic hydroxyl groups excluding tert-OH is 1. The van der Waals surface area contributed by atoms with Crippen LogP contribution in [0, 0.1) is 26.6 Å². The fraction of sp³-hybridized carbons (Fsp3) is 0.405. The van der Waals surface area contributed by atoms with Crippen molar-refractivity contribution in [2.24, 2.45) is 0 Å². The van der Waals surface area contributed by atoms with E-state index in [1.54, 1.807) is 30.9 Å². The summed E-state index contributed by atoms with van der Waals surface area (Å²) in [6.07, 6.45) is 9.98. The number of nitrogens with one attached hydrogen (secondary N) is 4. The van der Waals surface area contributed by atoms with Gasteiger partial charge in [-0.2, -0.15) is 11.8 Å². The molecule has 1 atom stereocenters. The molecule has 2 aromatic carbocycles. The van der Waals surface area contributed by atoms with Crippen LogP contribution in [0.1, 0.15) is 90.1 Å². The molecule has 11 heteroatoms. The van der Waals surface area contributed by atoms with Crippen LogP contribution in [0.4, 0.5) is 10.1 Å². The van der Waals surface area contributed by atoms with E-state index < -0.39 is 0 Å². The highest BCUT2D eigenvalue weighted by Gasteiger charge is 2.25. The van der Waals surface area contributed by atoms with Crippen molar-refractivity contribution in [3.63, 3.8) is 0 Å². The quantitative estimate of drug-likeness (QED) is 0.102. The maximum absolute atomic E-state index is 12.4. The van der Waals surface area contributed by atoms with Gasteiger partial charge in [0.15, 0.2) is 0 Å². The highest BCUT2D eigenvalue weighted by atomic mass is 32.2. The van der Waals surface area contributed by atoms with Gasteiger partial charge in [-0.25, -0.2) is 4.39 Å². The molecule has 0 bridgehead atoms. The number of carbonyl (C=O) groups is 4. The lowest BCUT2D eigenvalue weighted by atomic mass is 10.0. The zero-order valence-corrected chi connectivity index (χ0v) is 31.0. The monoisotopic (exact) mass is 686 g/mol. The van der Waals surface area contributed by atoms with Gasteiger partial charge in [-0.15, -0.1) is 0 Å². The van der Waals surface area contributed by atoms with Crippen LogP contribution in [-0.2, 0) is 14.4 Å². The van der Waals surface area contributed by atoms with Crippen LogP contribution in [0.5, 0.6) is 0 Å². The molecule has 9 nitrogen and oxygen atoms in total. The summed E-state index contributed by atoms with van der Waals surface area (Å²) in [6, 6.07) is 12.7. The number of H-pyrrole nitrogens is 1. The third-order valence-electron chi connectivity index (χ3n) is 6.74. The fourth-order valence-corrected chi connectivity index (χ4v) is 4.25. The molecule has 0 spiro atoms. The van der Waals surface area contributed by atoms with Crippen LogP contribution in [0.15, 0.2) is 42.5 Å². The highest BCUT2D eigenvalue weighted by Crippen LogP contribution is 2.34. The van der Waals surface area contributed by atoms with E-state index in [2.05, 4.69) is 27.9 Å². The number of carbonyl (C=O) groups excluding carboxylic acids is 4. The van der Waals surface area contributed by atoms with E-state index in [-0.39, 0.29) is 23.7 Å². The lowest BCUT2D eigenvalue weighted by Gasteiger charge is -2.09. The summed E-state index contributed by atoms with van der Waals surface area (Å²) in [5.74, 6) is -0.441. The second-order valence-electron chi connectivity index (χ2n) is 10.4. The number of fused-ring (bicyclic) bond motifs is 1. The number of aromatic amines is 1. The van der Waals surface area contributed by atoms with Crippen molar-refractivity contribution >= 4 is 54.0 Å². The zero-order chi connectivity index (χ0) is 37.2. The largest absolute Gasteiger partial charge is 0.396 e. The first-order valence-electron chi connectivity index (χ1n) is 15.6. The van der Waals surface area contributed by atoms with Gasteiger partial charge in [0.25, 0.3) is 11.8 Å². The number of thioether (sulfide) groups is 1. The van der Waals surface area contributed by atoms with Gasteiger partial charge in [-0.1, -0.05) is 43.5 Å². The number of amides is 2. The highest BCUT2D eigenvalue weighted by molar-refractivity contribution is 7.97. The molecule has 1 aliphatic rings. The summed E-state index contributed by atoms with van der Waals surface area (Å²) < 4.78 is 12.4. The van der Waals surface area contributed by atoms with Gasteiger partial charge in [0.2, 0.25) is 0 Å². The van der Waals surface area contributed by atoms with Crippen LogP contribution >= 0.6 is 11.8 Å². The van der Waals surface area contributed by atoms with E-state index in [0.717, 1.165) is 58.5 Å². The molecular weight excluding hydrogens is 631 g/mol. The van der Waals surface area contributed by atoms with Crippen molar-refractivity contribution in [2.75, 3.05) is 38.5 Å². The molecule has 2 amide bonds. The standard InChI is InChI=1S/C18H19N3O2.C9H12FN.C5H12O.C2H4O.C2H6S.CH2O/c1-9-5-6-14-12(7-9)13(17(22)21-14)8-15-10(2)16(11(3)20-15)18(23)19-4;1-7(11-2)8-3-5-9(10)6-4-8;1-2-3-4-5-6;1-2-3;1-3-2;1-2/h5-8,20H,1-4H3,(H,19,23)(H,21,22);3-7,11H,1-2H3;6H,2-5H2,1H3;2H,1H3;1-2H3;1H2/b13-8-;;;;;. The number of hydrogen-bond acceptors (Lipinski definition) is 7. The lowest BCUT2D eigenvalue weighted by Crippen LogP contribution is -2.19. The minimum absolute atomic E-state index is 0.126. The summed E-state index contributed by atoms with van der Waals surface area (Å²) >= 11 is 1.75. The first-order chi connectivity index (χ1) is 22.9. The third kappa shape index (κ3) is 16.2. The van der Waals surface area contributed by atoms with Gasteiger partial charge >= 0.3 is 0 Å². The first kappa shape index (κ1) is 46.1. The minimum Gasteiger partial charge on any atom is -0.396 e. The second kappa shape index (κ2) is 26.9. The number of aromatic nitrogens is 1. The number of hydrogen-bond donors (Lipinski definition) is 5. The van der Waals surface area contributed by atoms with Gasteiger partial charge in [0.1, 0.15) is 18.9 Å². The van der Waals surface area contributed by atoms with E-state index in [9.17, 15) is 14.0 Å². The molecular formula is C37H55FN4O5S. The molecule has 0 radical (unpaired) electrons. The van der Waals surface area contributed by atoms with Gasteiger partial charge in [0, 0.05) is 42.3 Å². The van der Waals surface area contributed by atoms with Gasteiger partial charge in [-0.05, 0) is 102 Å². The van der Waals surface area contributed by atoms with Crippen LogP contribution in [0.2, 0.25) is 0 Å². The number of aliphatic hydroxyl groups is 1. The molecule has 0 aliphatic carbocycles. The number of benzene rings is 2. The molecule has 48 heavy (non-hydrogen) atoms. The van der Waals surface area contributed by atoms with Gasteiger partial charge in [0.05, 0.1) is 11.1 Å². The molecule has 0 saturated carbocycles. The van der Waals surface area contributed by atoms with Crippen LogP contribution in [-0.4, -0.2) is 68.2 Å². The summed E-state index contributed by atoms with van der Waals surface area (Å²) in [5, 5.41) is 16.8. The second-order valence-corrected chi connectivity index (χ2v) is 11.3. The summed E-state index contributed by atoms with van der Waals surface area (Å²) in [6.45, 7) is 13.7. The Labute approximate surface area is 290 Å². The third-order valence-corrected chi connectivity index (χ3v) is 6.74.